The number of rotatable bonds is 1. The van der Waals surface area contributed by atoms with Crippen molar-refractivity contribution >= 4 is 7.14 Å². The smallest absolute Gasteiger partial charge is 0.0849 e. The van der Waals surface area contributed by atoms with Crippen LogP contribution in [0.25, 0.3) is 0 Å². The minimum Gasteiger partial charge on any atom is -0.328 e. The van der Waals surface area contributed by atoms with E-state index in [-0.39, 0.29) is 0 Å². The Balaban J connectivity index is 2.53. The van der Waals surface area contributed by atoms with Crippen LogP contribution in [0, 0.1) is 0 Å². The van der Waals surface area contributed by atoms with Crippen molar-refractivity contribution in [3.63, 3.8) is 0 Å². The Morgan fingerprint density at radius 3 is 2.20 bits per heavy atom. The lowest BCUT2D eigenvalue weighted by Gasteiger charge is -2.14. The van der Waals surface area contributed by atoms with E-state index in [0.717, 1.165) is 19.3 Å². The molecular weight excluding hydrogens is 145 g/mol. The van der Waals surface area contributed by atoms with Crippen molar-refractivity contribution in [1.29, 1.82) is 0 Å². The normalized spacial score (nSPS) is 34.7. The predicted octanol–water partition coefficient (Wildman–Crippen LogP) is 1.49. The molecule has 2 atom stereocenters. The van der Waals surface area contributed by atoms with Gasteiger partial charge in [-0.25, -0.2) is 0 Å². The first kappa shape index (κ1) is 8.29. The van der Waals surface area contributed by atoms with Gasteiger partial charge in [0.05, 0.1) is 7.14 Å². The molecule has 0 radical (unpaired) electrons. The summed E-state index contributed by atoms with van der Waals surface area (Å²) in [6.45, 7) is 3.74. The van der Waals surface area contributed by atoms with Crippen molar-refractivity contribution in [2.75, 3.05) is 13.3 Å². The molecule has 0 aromatic rings. The molecule has 0 aromatic heterocycles. The Kier molecular flexibility index (Phi) is 2.21. The fourth-order valence-corrected chi connectivity index (χ4v) is 3.11. The molecule has 2 nitrogen and oxygen atoms in total. The van der Waals surface area contributed by atoms with Gasteiger partial charge in [0.2, 0.25) is 0 Å². The molecule has 60 valence electrons. The second-order valence-electron chi connectivity index (χ2n) is 3.66. The maximum atomic E-state index is 11.5. The molecule has 1 aliphatic rings. The summed E-state index contributed by atoms with van der Waals surface area (Å²) in [5.41, 5.74) is 6.12. The fraction of sp³-hybridized carbons (Fsp3) is 1.00. The first-order chi connectivity index (χ1) is 4.50. The monoisotopic (exact) mass is 161 g/mol. The molecular formula is C7H16NOP. The van der Waals surface area contributed by atoms with E-state index < -0.39 is 7.14 Å². The molecule has 3 heteroatoms. The van der Waals surface area contributed by atoms with Crippen LogP contribution in [0.4, 0.5) is 0 Å². The maximum absolute atomic E-state index is 11.5. The van der Waals surface area contributed by atoms with Crippen LogP contribution in [0.3, 0.4) is 0 Å². The minimum absolute atomic E-state index is 0.318. The van der Waals surface area contributed by atoms with Crippen molar-refractivity contribution in [3.8, 4) is 0 Å². The number of hydrogen-bond acceptors (Lipinski definition) is 2. The highest BCUT2D eigenvalue weighted by molar-refractivity contribution is 7.63. The molecule has 1 aliphatic carbocycles. The van der Waals surface area contributed by atoms with Crippen molar-refractivity contribution in [2.24, 2.45) is 5.73 Å². The van der Waals surface area contributed by atoms with Gasteiger partial charge < -0.3 is 10.3 Å². The highest BCUT2D eigenvalue weighted by Crippen LogP contribution is 2.49. The Hall–Kier alpha value is 0.190. The third-order valence-corrected chi connectivity index (χ3v) is 4.55. The number of nitrogens with two attached hydrogens (primary N) is 1. The SMILES string of the molecule is CP(C)(=O)[C@@H]1CC[C@@H](N)C1. The van der Waals surface area contributed by atoms with E-state index in [2.05, 4.69) is 0 Å². The zero-order valence-corrected chi connectivity index (χ0v) is 7.60. The highest BCUT2D eigenvalue weighted by Gasteiger charge is 2.30. The molecule has 0 aliphatic heterocycles. The summed E-state index contributed by atoms with van der Waals surface area (Å²) in [7, 11) is -1.83. The molecule has 0 saturated heterocycles. The molecule has 0 spiro atoms. The molecule has 0 unspecified atom stereocenters. The molecule has 10 heavy (non-hydrogen) atoms. The lowest BCUT2D eigenvalue weighted by molar-refractivity contribution is 0.570. The summed E-state index contributed by atoms with van der Waals surface area (Å²) in [5.74, 6) is 0. The van der Waals surface area contributed by atoms with E-state index in [9.17, 15) is 4.57 Å². The Bertz CT molecular complexity index is 163. The van der Waals surface area contributed by atoms with Crippen molar-refractivity contribution < 1.29 is 4.57 Å². The van der Waals surface area contributed by atoms with E-state index in [4.69, 9.17) is 5.73 Å². The molecule has 0 bridgehead atoms. The van der Waals surface area contributed by atoms with Crippen LogP contribution in [0.2, 0.25) is 0 Å². The zero-order valence-electron chi connectivity index (χ0n) is 6.71. The lowest BCUT2D eigenvalue weighted by atomic mass is 10.3. The zero-order chi connectivity index (χ0) is 7.78. The Labute approximate surface area is 62.6 Å². The molecule has 1 saturated carbocycles. The quantitative estimate of drug-likeness (QED) is 0.592. The van der Waals surface area contributed by atoms with E-state index in [1.807, 2.05) is 13.3 Å². The Morgan fingerprint density at radius 1 is 1.40 bits per heavy atom. The molecule has 1 rings (SSSR count). The van der Waals surface area contributed by atoms with E-state index in [0.29, 0.717) is 11.7 Å². The second-order valence-corrected chi connectivity index (χ2v) is 7.26. The van der Waals surface area contributed by atoms with Crippen LogP contribution >= 0.6 is 7.14 Å². The van der Waals surface area contributed by atoms with E-state index >= 15 is 0 Å². The van der Waals surface area contributed by atoms with E-state index in [1.54, 1.807) is 0 Å². The average Bonchev–Trinajstić information content (AvgIpc) is 2.11. The third-order valence-electron chi connectivity index (χ3n) is 2.32. The predicted molar refractivity (Wildman–Crippen MR) is 45.1 cm³/mol. The summed E-state index contributed by atoms with van der Waals surface area (Å²) in [6, 6.07) is 0.318. The highest BCUT2D eigenvalue weighted by atomic mass is 31.2. The van der Waals surface area contributed by atoms with Gasteiger partial charge in [0.25, 0.3) is 0 Å². The van der Waals surface area contributed by atoms with E-state index in [1.165, 1.54) is 0 Å². The first-order valence-electron chi connectivity index (χ1n) is 3.80. The molecule has 0 amide bonds. The fourth-order valence-electron chi connectivity index (χ4n) is 1.56. The molecule has 0 heterocycles. The largest absolute Gasteiger partial charge is 0.328 e. The van der Waals surface area contributed by atoms with Crippen LogP contribution in [-0.4, -0.2) is 25.0 Å². The standard InChI is InChI=1S/C7H16NOP/c1-10(2,9)7-4-3-6(8)5-7/h6-7H,3-5,8H2,1-2H3/t6-,7-/m1/s1. The van der Waals surface area contributed by atoms with Gasteiger partial charge >= 0.3 is 0 Å². The van der Waals surface area contributed by atoms with Gasteiger partial charge in [-0.3, -0.25) is 0 Å². The topological polar surface area (TPSA) is 43.1 Å². The molecule has 0 aromatic carbocycles. The summed E-state index contributed by atoms with van der Waals surface area (Å²) in [6.07, 6.45) is 3.12. The second kappa shape index (κ2) is 2.67. The van der Waals surface area contributed by atoms with Crippen molar-refractivity contribution in [3.05, 3.63) is 0 Å². The van der Waals surface area contributed by atoms with Gasteiger partial charge in [0.1, 0.15) is 0 Å². The van der Waals surface area contributed by atoms with Crippen LogP contribution in [0.15, 0.2) is 0 Å². The van der Waals surface area contributed by atoms with Crippen LogP contribution in [0.5, 0.6) is 0 Å². The van der Waals surface area contributed by atoms with Gasteiger partial charge in [-0.05, 0) is 32.6 Å². The summed E-state index contributed by atoms with van der Waals surface area (Å²) in [4.78, 5) is 0. The third kappa shape index (κ3) is 1.83. The maximum Gasteiger partial charge on any atom is 0.0849 e. The van der Waals surface area contributed by atoms with Crippen LogP contribution in [-0.2, 0) is 4.57 Å². The summed E-state index contributed by atoms with van der Waals surface area (Å²) in [5, 5.41) is 0. The van der Waals surface area contributed by atoms with Gasteiger partial charge in [0, 0.05) is 11.7 Å². The van der Waals surface area contributed by atoms with Crippen molar-refractivity contribution in [2.45, 2.75) is 31.0 Å². The van der Waals surface area contributed by atoms with Crippen LogP contribution in [0.1, 0.15) is 19.3 Å². The van der Waals surface area contributed by atoms with Gasteiger partial charge in [-0.1, -0.05) is 0 Å². The Morgan fingerprint density at radius 2 is 2.00 bits per heavy atom. The molecule has 1 fully saturated rings. The summed E-state index contributed by atoms with van der Waals surface area (Å²) < 4.78 is 11.5. The minimum atomic E-state index is -1.83. The first-order valence-corrected chi connectivity index (χ1v) is 6.47. The van der Waals surface area contributed by atoms with Gasteiger partial charge in [0.15, 0.2) is 0 Å². The molecule has 2 N–H and O–H groups in total. The van der Waals surface area contributed by atoms with Crippen LogP contribution < -0.4 is 5.73 Å². The average molecular weight is 161 g/mol. The van der Waals surface area contributed by atoms with Gasteiger partial charge in [-0.15, -0.1) is 0 Å². The summed E-state index contributed by atoms with van der Waals surface area (Å²) >= 11 is 0. The number of hydrogen-bond donors (Lipinski definition) is 1. The lowest BCUT2D eigenvalue weighted by Crippen LogP contribution is -2.15. The van der Waals surface area contributed by atoms with Crippen molar-refractivity contribution in [1.82, 2.24) is 0 Å². The van der Waals surface area contributed by atoms with Gasteiger partial charge in [-0.2, -0.15) is 0 Å².